The number of pyridine rings is 1. The fourth-order valence-corrected chi connectivity index (χ4v) is 1.90. The molecule has 0 aliphatic heterocycles. The Labute approximate surface area is 123 Å². The molecule has 1 unspecified atom stereocenters. The molecule has 0 aliphatic carbocycles. The summed E-state index contributed by atoms with van der Waals surface area (Å²) in [5.41, 5.74) is 5.13. The maximum Gasteiger partial charge on any atom is 0.269 e. The Kier molecular flexibility index (Phi) is 6.55. The van der Waals surface area contributed by atoms with Gasteiger partial charge >= 0.3 is 0 Å². The van der Waals surface area contributed by atoms with Crippen LogP contribution in [0.4, 0.5) is 5.69 Å². The third-order valence-electron chi connectivity index (χ3n) is 2.69. The molecule has 5 nitrogen and oxygen atoms in total. The van der Waals surface area contributed by atoms with Crippen molar-refractivity contribution >= 4 is 35.6 Å². The number of carbonyl (C=O) groups is 1. The molecule has 0 aromatic carbocycles. The molecule has 1 aromatic heterocycles. The Morgan fingerprint density at radius 1 is 1.58 bits per heavy atom. The number of carbonyl (C=O) groups excluding carboxylic acids is 1. The van der Waals surface area contributed by atoms with Crippen molar-refractivity contribution < 1.29 is 4.79 Å². The van der Waals surface area contributed by atoms with Crippen molar-refractivity contribution in [3.8, 4) is 0 Å². The summed E-state index contributed by atoms with van der Waals surface area (Å²) >= 11 is 5.76. The average molecular weight is 308 g/mol. The molecule has 3 N–H and O–H groups in total. The van der Waals surface area contributed by atoms with E-state index >= 15 is 0 Å². The molecule has 7 heteroatoms. The first-order chi connectivity index (χ1) is 8.27. The van der Waals surface area contributed by atoms with E-state index < -0.39 is 5.54 Å². The number of hydrogen-bond acceptors (Lipinski definition) is 3. The zero-order valence-corrected chi connectivity index (χ0v) is 12.8. The Hall–Kier alpha value is -1.04. The summed E-state index contributed by atoms with van der Waals surface area (Å²) < 4.78 is 1.31. The molecular weight excluding hydrogens is 289 g/mol. The van der Waals surface area contributed by atoms with Crippen LogP contribution in [-0.2, 0) is 11.8 Å². The van der Waals surface area contributed by atoms with E-state index in [9.17, 15) is 9.59 Å². The Morgan fingerprint density at radius 2 is 2.16 bits per heavy atom. The summed E-state index contributed by atoms with van der Waals surface area (Å²) in [6, 6.07) is 1.42. The second-order valence-electron chi connectivity index (χ2n) is 4.61. The number of nitrogens with two attached hydrogens (primary N) is 1. The molecule has 0 saturated heterocycles. The molecule has 1 heterocycles. The first-order valence-electron chi connectivity index (χ1n) is 5.74. The second-order valence-corrected chi connectivity index (χ2v) is 5.02. The fourth-order valence-electron chi connectivity index (χ4n) is 1.65. The number of halogens is 2. The van der Waals surface area contributed by atoms with Gasteiger partial charge in [-0.3, -0.25) is 9.59 Å². The number of aryl methyl sites for hydroxylation is 1. The first-order valence-corrected chi connectivity index (χ1v) is 6.12. The minimum absolute atomic E-state index is 0. The Bertz CT molecular complexity index is 486. The molecule has 0 saturated carbocycles. The third kappa shape index (κ3) is 4.53. The summed E-state index contributed by atoms with van der Waals surface area (Å²) in [6.45, 7) is 3.64. The number of amides is 1. The van der Waals surface area contributed by atoms with E-state index in [-0.39, 0.29) is 28.9 Å². The monoisotopic (exact) mass is 307 g/mol. The molecule has 0 radical (unpaired) electrons. The second kappa shape index (κ2) is 6.93. The van der Waals surface area contributed by atoms with Gasteiger partial charge in [0, 0.05) is 13.2 Å². The van der Waals surface area contributed by atoms with E-state index in [4.69, 9.17) is 17.3 Å². The van der Waals surface area contributed by atoms with Crippen LogP contribution in [0.2, 0.25) is 5.02 Å². The van der Waals surface area contributed by atoms with Crippen LogP contribution >= 0.6 is 24.0 Å². The van der Waals surface area contributed by atoms with Crippen molar-refractivity contribution in [1.29, 1.82) is 0 Å². The minimum Gasteiger partial charge on any atom is -0.323 e. The highest BCUT2D eigenvalue weighted by atomic mass is 35.5. The molecule has 0 spiro atoms. The topological polar surface area (TPSA) is 77.1 Å². The summed E-state index contributed by atoms with van der Waals surface area (Å²) in [5, 5.41) is 2.73. The standard InChI is InChI=1S/C12H18ClN3O2.ClH/c1-4-5-12(2,14)11(18)15-8-6-9(13)10(17)16(3)7-8;/h6-7H,4-5,14H2,1-3H3,(H,15,18);1H. The lowest BCUT2D eigenvalue weighted by Gasteiger charge is -2.23. The van der Waals surface area contributed by atoms with Crippen LogP contribution in [0.15, 0.2) is 17.1 Å². The summed E-state index contributed by atoms with van der Waals surface area (Å²) in [5.74, 6) is -0.293. The van der Waals surface area contributed by atoms with E-state index in [1.165, 1.54) is 16.8 Å². The normalized spacial score (nSPS) is 13.3. The highest BCUT2D eigenvalue weighted by Crippen LogP contribution is 2.15. The van der Waals surface area contributed by atoms with Crippen molar-refractivity contribution in [2.24, 2.45) is 12.8 Å². The molecule has 0 bridgehead atoms. The quantitative estimate of drug-likeness (QED) is 0.892. The first kappa shape index (κ1) is 18.0. The molecule has 1 atom stereocenters. The largest absolute Gasteiger partial charge is 0.323 e. The van der Waals surface area contributed by atoms with Gasteiger partial charge in [-0.2, -0.15) is 0 Å². The molecule has 1 amide bonds. The van der Waals surface area contributed by atoms with Crippen molar-refractivity contribution in [3.63, 3.8) is 0 Å². The smallest absolute Gasteiger partial charge is 0.269 e. The third-order valence-corrected chi connectivity index (χ3v) is 2.96. The average Bonchev–Trinajstić information content (AvgIpc) is 2.25. The number of nitrogens with zero attached hydrogens (tertiary/aromatic N) is 1. The number of nitrogens with one attached hydrogen (secondary N) is 1. The SMILES string of the molecule is CCCC(C)(N)C(=O)Nc1cc(Cl)c(=O)n(C)c1.Cl. The Morgan fingerprint density at radius 3 is 2.63 bits per heavy atom. The van der Waals surface area contributed by atoms with Crippen LogP contribution in [0.3, 0.4) is 0 Å². The molecule has 0 fully saturated rings. The molecule has 1 rings (SSSR count). The molecule has 19 heavy (non-hydrogen) atoms. The minimum atomic E-state index is -0.935. The van der Waals surface area contributed by atoms with E-state index in [2.05, 4.69) is 5.32 Å². The van der Waals surface area contributed by atoms with Crippen LogP contribution < -0.4 is 16.6 Å². The maximum atomic E-state index is 12.0. The molecule has 108 valence electrons. The van der Waals surface area contributed by atoms with Gasteiger partial charge in [-0.25, -0.2) is 0 Å². The molecule has 0 aliphatic rings. The van der Waals surface area contributed by atoms with Gasteiger partial charge in [0.25, 0.3) is 5.56 Å². The van der Waals surface area contributed by atoms with Gasteiger partial charge in [-0.1, -0.05) is 24.9 Å². The fraction of sp³-hybridized carbons (Fsp3) is 0.500. The van der Waals surface area contributed by atoms with Crippen LogP contribution in [0.5, 0.6) is 0 Å². The number of rotatable bonds is 4. The van der Waals surface area contributed by atoms with E-state index in [0.29, 0.717) is 12.1 Å². The van der Waals surface area contributed by atoms with E-state index in [1.807, 2.05) is 6.92 Å². The zero-order chi connectivity index (χ0) is 13.9. The van der Waals surface area contributed by atoms with Crippen LogP contribution in [0.25, 0.3) is 0 Å². The number of aromatic nitrogens is 1. The van der Waals surface area contributed by atoms with Gasteiger partial charge in [0.05, 0.1) is 11.2 Å². The van der Waals surface area contributed by atoms with Gasteiger partial charge in [0.2, 0.25) is 5.91 Å². The van der Waals surface area contributed by atoms with Gasteiger partial charge in [-0.15, -0.1) is 12.4 Å². The maximum absolute atomic E-state index is 12.0. The summed E-state index contributed by atoms with van der Waals surface area (Å²) in [6.07, 6.45) is 2.90. The zero-order valence-electron chi connectivity index (χ0n) is 11.2. The lowest BCUT2D eigenvalue weighted by Crippen LogP contribution is -2.48. The predicted molar refractivity (Wildman–Crippen MR) is 80.1 cm³/mol. The highest BCUT2D eigenvalue weighted by Gasteiger charge is 2.27. The number of hydrogen-bond donors (Lipinski definition) is 2. The van der Waals surface area contributed by atoms with Crippen molar-refractivity contribution in [3.05, 3.63) is 27.6 Å². The Balaban J connectivity index is 0.00000324. The number of anilines is 1. The summed E-state index contributed by atoms with van der Waals surface area (Å²) in [4.78, 5) is 23.4. The molecular formula is C12H19Cl2N3O2. The highest BCUT2D eigenvalue weighted by molar-refractivity contribution is 6.30. The van der Waals surface area contributed by atoms with Gasteiger partial charge in [0.1, 0.15) is 5.02 Å². The van der Waals surface area contributed by atoms with Gasteiger partial charge < -0.3 is 15.6 Å². The van der Waals surface area contributed by atoms with Gasteiger partial charge in [-0.05, 0) is 19.4 Å². The van der Waals surface area contributed by atoms with Gasteiger partial charge in [0.15, 0.2) is 0 Å². The lowest BCUT2D eigenvalue weighted by molar-refractivity contribution is -0.120. The predicted octanol–water partition coefficient (Wildman–Crippen LogP) is 1.92. The summed E-state index contributed by atoms with van der Waals surface area (Å²) in [7, 11) is 1.57. The van der Waals surface area contributed by atoms with E-state index in [0.717, 1.165) is 6.42 Å². The van der Waals surface area contributed by atoms with Crippen molar-refractivity contribution in [1.82, 2.24) is 4.57 Å². The van der Waals surface area contributed by atoms with Crippen LogP contribution in [0, 0.1) is 0 Å². The van der Waals surface area contributed by atoms with Crippen LogP contribution in [-0.4, -0.2) is 16.0 Å². The van der Waals surface area contributed by atoms with Crippen LogP contribution in [0.1, 0.15) is 26.7 Å². The molecule has 1 aromatic rings. The van der Waals surface area contributed by atoms with E-state index in [1.54, 1.807) is 14.0 Å². The van der Waals surface area contributed by atoms with Crippen molar-refractivity contribution in [2.45, 2.75) is 32.2 Å². The van der Waals surface area contributed by atoms with Crippen molar-refractivity contribution in [2.75, 3.05) is 5.32 Å². The lowest BCUT2D eigenvalue weighted by atomic mass is 9.96.